The van der Waals surface area contributed by atoms with Gasteiger partial charge in [0.15, 0.2) is 0 Å². The lowest BCUT2D eigenvalue weighted by Crippen LogP contribution is -2.21. The number of hydrogen-bond acceptors (Lipinski definition) is 2. The minimum atomic E-state index is 0.508. The van der Waals surface area contributed by atoms with Gasteiger partial charge in [0.05, 0.1) is 0 Å². The van der Waals surface area contributed by atoms with Gasteiger partial charge in [0.2, 0.25) is 0 Å². The van der Waals surface area contributed by atoms with Crippen LogP contribution in [-0.2, 0) is 5.75 Å². The van der Waals surface area contributed by atoms with Crippen LogP contribution in [-0.4, -0.2) is 12.3 Å². The number of benzene rings is 2. The molecule has 1 heterocycles. The van der Waals surface area contributed by atoms with Crippen LogP contribution in [0.15, 0.2) is 48.5 Å². The van der Waals surface area contributed by atoms with E-state index in [0.29, 0.717) is 6.04 Å². The van der Waals surface area contributed by atoms with E-state index in [1.54, 1.807) is 0 Å². The van der Waals surface area contributed by atoms with Gasteiger partial charge in [-0.2, -0.15) is 11.8 Å². The van der Waals surface area contributed by atoms with Crippen molar-refractivity contribution in [1.29, 1.82) is 0 Å². The Kier molecular flexibility index (Phi) is 4.44. The van der Waals surface area contributed by atoms with E-state index < -0.39 is 0 Å². The first kappa shape index (κ1) is 13.7. The van der Waals surface area contributed by atoms with Gasteiger partial charge in [-0.15, -0.1) is 0 Å². The van der Waals surface area contributed by atoms with Gasteiger partial charge in [-0.3, -0.25) is 0 Å². The second-order valence-electron chi connectivity index (χ2n) is 5.23. The maximum atomic E-state index is 3.65. The van der Waals surface area contributed by atoms with E-state index in [1.807, 2.05) is 11.8 Å². The predicted molar refractivity (Wildman–Crippen MR) is 89.1 cm³/mol. The molecule has 2 aromatic carbocycles. The first-order valence-corrected chi connectivity index (χ1v) is 8.53. The first-order chi connectivity index (χ1) is 9.88. The lowest BCUT2D eigenvalue weighted by Gasteiger charge is -2.19. The molecule has 0 bridgehead atoms. The summed E-state index contributed by atoms with van der Waals surface area (Å²) in [5, 5.41) is 3.65. The second-order valence-corrected chi connectivity index (χ2v) is 6.34. The van der Waals surface area contributed by atoms with Gasteiger partial charge in [-0.25, -0.2) is 0 Å². The average Bonchev–Trinajstić information content (AvgIpc) is 2.71. The molecule has 3 rings (SSSR count). The Bertz CT molecular complexity index is 565. The monoisotopic (exact) mass is 283 g/mol. The van der Waals surface area contributed by atoms with Crippen LogP contribution >= 0.6 is 11.8 Å². The number of fused-ring (bicyclic) bond motifs is 1. The Hall–Kier alpha value is -1.25. The van der Waals surface area contributed by atoms with Crippen LogP contribution in [0.4, 0.5) is 0 Å². The third kappa shape index (κ3) is 2.92. The predicted octanol–water partition coefficient (Wildman–Crippen LogP) is 4.64. The lowest BCUT2D eigenvalue weighted by atomic mass is 9.94. The van der Waals surface area contributed by atoms with Crippen molar-refractivity contribution in [3.05, 3.63) is 59.7 Å². The van der Waals surface area contributed by atoms with Crippen molar-refractivity contribution in [2.75, 3.05) is 12.3 Å². The molecule has 0 fully saturated rings. The topological polar surface area (TPSA) is 12.0 Å². The first-order valence-electron chi connectivity index (χ1n) is 7.38. The van der Waals surface area contributed by atoms with Gasteiger partial charge in [0.1, 0.15) is 0 Å². The van der Waals surface area contributed by atoms with Crippen molar-refractivity contribution in [2.24, 2.45) is 0 Å². The molecule has 1 nitrogen and oxygen atoms in total. The summed E-state index contributed by atoms with van der Waals surface area (Å²) in [5.74, 6) is 2.39. The molecule has 0 amide bonds. The summed E-state index contributed by atoms with van der Waals surface area (Å²) in [6.45, 7) is 3.23. The summed E-state index contributed by atoms with van der Waals surface area (Å²) in [6, 6.07) is 18.2. The number of hydrogen-bond donors (Lipinski definition) is 1. The second kappa shape index (κ2) is 6.47. The molecule has 0 aliphatic carbocycles. The summed E-state index contributed by atoms with van der Waals surface area (Å²) in [7, 11) is 0. The van der Waals surface area contributed by atoms with Crippen LogP contribution in [0, 0.1) is 0 Å². The third-order valence-electron chi connectivity index (χ3n) is 3.89. The van der Waals surface area contributed by atoms with Crippen molar-refractivity contribution in [1.82, 2.24) is 5.32 Å². The van der Waals surface area contributed by atoms with Crippen molar-refractivity contribution in [3.8, 4) is 11.1 Å². The summed E-state index contributed by atoms with van der Waals surface area (Å²) in [6.07, 6.45) is 1.23. The van der Waals surface area contributed by atoms with Gasteiger partial charge >= 0.3 is 0 Å². The molecule has 0 aromatic heterocycles. The van der Waals surface area contributed by atoms with Gasteiger partial charge in [-0.05, 0) is 47.0 Å². The number of nitrogens with one attached hydrogen (secondary N) is 1. The maximum Gasteiger partial charge on any atom is 0.0331 e. The zero-order valence-corrected chi connectivity index (χ0v) is 12.7. The van der Waals surface area contributed by atoms with Gasteiger partial charge in [0, 0.05) is 11.8 Å². The fourth-order valence-electron chi connectivity index (χ4n) is 2.86. The smallest absolute Gasteiger partial charge is 0.0331 e. The fourth-order valence-corrected chi connectivity index (χ4v) is 3.89. The molecule has 2 aromatic rings. The van der Waals surface area contributed by atoms with E-state index in [4.69, 9.17) is 0 Å². The molecule has 0 spiro atoms. The highest BCUT2D eigenvalue weighted by Gasteiger charge is 2.18. The van der Waals surface area contributed by atoms with E-state index in [1.165, 1.54) is 34.4 Å². The molecule has 0 saturated heterocycles. The van der Waals surface area contributed by atoms with Crippen LogP contribution in [0.25, 0.3) is 11.1 Å². The highest BCUT2D eigenvalue weighted by Crippen LogP contribution is 2.33. The zero-order chi connectivity index (χ0) is 13.8. The molecule has 104 valence electrons. The molecule has 0 saturated carbocycles. The standard InChI is InChI=1S/C18H21NS/c1-2-19-18-10-11-20-13-16-9-8-15(12-17(16)18)14-6-4-3-5-7-14/h3-9,12,18-19H,2,10-11,13H2,1H3. The molecule has 20 heavy (non-hydrogen) atoms. The molecule has 2 heteroatoms. The molecule has 1 N–H and O–H groups in total. The Morgan fingerprint density at radius 2 is 1.95 bits per heavy atom. The lowest BCUT2D eigenvalue weighted by molar-refractivity contribution is 0.541. The van der Waals surface area contributed by atoms with E-state index in [-0.39, 0.29) is 0 Å². The minimum absolute atomic E-state index is 0.508. The Morgan fingerprint density at radius 1 is 1.10 bits per heavy atom. The third-order valence-corrected chi connectivity index (χ3v) is 4.93. The Labute approximate surface area is 125 Å². The van der Waals surface area contributed by atoms with Crippen molar-refractivity contribution >= 4 is 11.8 Å². The molecule has 1 atom stereocenters. The normalized spacial score (nSPS) is 18.4. The van der Waals surface area contributed by atoms with Gasteiger partial charge in [0.25, 0.3) is 0 Å². The quantitative estimate of drug-likeness (QED) is 0.880. The van der Waals surface area contributed by atoms with Crippen LogP contribution in [0.2, 0.25) is 0 Å². The summed E-state index contributed by atoms with van der Waals surface area (Å²) in [5.41, 5.74) is 5.64. The molecule has 1 aliphatic rings. The van der Waals surface area contributed by atoms with Crippen LogP contribution in [0.1, 0.15) is 30.5 Å². The van der Waals surface area contributed by atoms with Crippen molar-refractivity contribution in [2.45, 2.75) is 25.1 Å². The summed E-state index contributed by atoms with van der Waals surface area (Å²) >= 11 is 2.05. The van der Waals surface area contributed by atoms with Gasteiger partial charge < -0.3 is 5.32 Å². The number of rotatable bonds is 3. The average molecular weight is 283 g/mol. The highest BCUT2D eigenvalue weighted by atomic mass is 32.2. The zero-order valence-electron chi connectivity index (χ0n) is 11.9. The molecule has 1 aliphatic heterocycles. The molecule has 1 unspecified atom stereocenters. The van der Waals surface area contributed by atoms with Gasteiger partial charge in [-0.1, -0.05) is 49.4 Å². The maximum absolute atomic E-state index is 3.65. The van der Waals surface area contributed by atoms with Crippen molar-refractivity contribution in [3.63, 3.8) is 0 Å². The summed E-state index contributed by atoms with van der Waals surface area (Å²) < 4.78 is 0. The van der Waals surface area contributed by atoms with Crippen LogP contribution < -0.4 is 5.32 Å². The Balaban J connectivity index is 2.01. The highest BCUT2D eigenvalue weighted by molar-refractivity contribution is 7.98. The molecule has 0 radical (unpaired) electrons. The van der Waals surface area contributed by atoms with E-state index >= 15 is 0 Å². The van der Waals surface area contributed by atoms with E-state index in [0.717, 1.165) is 12.3 Å². The Morgan fingerprint density at radius 3 is 2.75 bits per heavy atom. The van der Waals surface area contributed by atoms with E-state index in [9.17, 15) is 0 Å². The fraction of sp³-hybridized carbons (Fsp3) is 0.333. The largest absolute Gasteiger partial charge is 0.310 e. The number of thioether (sulfide) groups is 1. The summed E-state index contributed by atoms with van der Waals surface area (Å²) in [4.78, 5) is 0. The SMILES string of the molecule is CCNC1CCSCc2ccc(-c3ccccc3)cc21. The van der Waals surface area contributed by atoms with E-state index in [2.05, 4.69) is 60.8 Å². The molecular weight excluding hydrogens is 262 g/mol. The van der Waals surface area contributed by atoms with Crippen LogP contribution in [0.5, 0.6) is 0 Å². The van der Waals surface area contributed by atoms with Crippen molar-refractivity contribution < 1.29 is 0 Å². The van der Waals surface area contributed by atoms with Crippen LogP contribution in [0.3, 0.4) is 0 Å². The molecular formula is C18H21NS. The minimum Gasteiger partial charge on any atom is -0.310 e.